The summed E-state index contributed by atoms with van der Waals surface area (Å²) in [4.78, 5) is 35.2. The summed E-state index contributed by atoms with van der Waals surface area (Å²) in [6.07, 6.45) is -0.980. The average molecular weight is 388 g/mol. The van der Waals surface area contributed by atoms with Gasteiger partial charge in [-0.25, -0.2) is 0 Å². The molecular weight excluding hydrogens is 368 g/mol. The van der Waals surface area contributed by atoms with Crippen molar-refractivity contribution in [1.82, 2.24) is 0 Å². The van der Waals surface area contributed by atoms with E-state index in [1.54, 1.807) is 0 Å². The molecule has 0 bridgehead atoms. The maximum absolute atomic E-state index is 12.1. The van der Waals surface area contributed by atoms with Crippen LogP contribution in [0.2, 0.25) is 0 Å². The van der Waals surface area contributed by atoms with Crippen LogP contribution in [0.5, 0.6) is 0 Å². The maximum Gasteiger partial charge on any atom is 0.317 e. The van der Waals surface area contributed by atoms with Crippen molar-refractivity contribution < 1.29 is 19.2 Å². The second-order valence-electron chi connectivity index (χ2n) is 5.98. The lowest BCUT2D eigenvalue weighted by Gasteiger charge is -2.14. The van der Waals surface area contributed by atoms with E-state index in [4.69, 9.17) is 4.74 Å². The first-order valence-corrected chi connectivity index (χ1v) is 9.19. The Morgan fingerprint density at radius 2 is 1.85 bits per heavy atom. The van der Waals surface area contributed by atoms with E-state index in [0.717, 1.165) is 16.0 Å². The third kappa shape index (κ3) is 6.10. The first-order valence-electron chi connectivity index (χ1n) is 8.21. The van der Waals surface area contributed by atoms with E-state index in [1.807, 2.05) is 32.0 Å². The summed E-state index contributed by atoms with van der Waals surface area (Å²) in [7, 11) is 0. The summed E-state index contributed by atoms with van der Waals surface area (Å²) in [6.45, 7) is 5.42. The zero-order valence-corrected chi connectivity index (χ0v) is 16.0. The number of benzene rings is 2. The molecule has 0 fully saturated rings. The van der Waals surface area contributed by atoms with Crippen LogP contribution in [0.4, 0.5) is 11.4 Å². The Morgan fingerprint density at radius 3 is 2.48 bits per heavy atom. The molecule has 0 spiro atoms. The van der Waals surface area contributed by atoms with Crippen molar-refractivity contribution in [2.75, 3.05) is 11.1 Å². The number of esters is 1. The Labute approximate surface area is 161 Å². The van der Waals surface area contributed by atoms with Crippen LogP contribution in [0.15, 0.2) is 47.4 Å². The SMILES string of the molecule is Cc1ccc(C)c(SCC(=O)OC(C)C(=O)Nc2ccc([N+](=O)[O-])cc2)c1. The van der Waals surface area contributed by atoms with Crippen LogP contribution in [0.3, 0.4) is 0 Å². The minimum Gasteiger partial charge on any atom is -0.452 e. The monoisotopic (exact) mass is 388 g/mol. The van der Waals surface area contributed by atoms with Gasteiger partial charge in [-0.1, -0.05) is 17.7 Å². The zero-order chi connectivity index (χ0) is 20.0. The summed E-state index contributed by atoms with van der Waals surface area (Å²) in [6, 6.07) is 11.4. The van der Waals surface area contributed by atoms with E-state index in [0.29, 0.717) is 5.69 Å². The molecular formula is C19H20N2O5S. The zero-order valence-electron chi connectivity index (χ0n) is 15.2. The third-order valence-corrected chi connectivity index (χ3v) is 4.84. The first-order chi connectivity index (χ1) is 12.8. The number of nitro benzene ring substituents is 1. The number of hydrogen-bond donors (Lipinski definition) is 1. The minimum absolute atomic E-state index is 0.0732. The highest BCUT2D eigenvalue weighted by atomic mass is 32.2. The predicted molar refractivity (Wildman–Crippen MR) is 104 cm³/mol. The molecule has 1 amide bonds. The standard InChI is InChI=1S/C19H20N2O5S/c1-12-4-5-13(2)17(10-12)27-11-18(22)26-14(3)19(23)20-15-6-8-16(9-7-15)21(24)25/h4-10,14H,11H2,1-3H3,(H,20,23). The number of hydrogen-bond acceptors (Lipinski definition) is 6. The molecule has 0 aliphatic heterocycles. The van der Waals surface area contributed by atoms with Gasteiger partial charge in [0.25, 0.3) is 11.6 Å². The molecule has 2 aromatic carbocycles. The fourth-order valence-corrected chi connectivity index (χ4v) is 3.10. The van der Waals surface area contributed by atoms with Crippen LogP contribution in [0.1, 0.15) is 18.1 Å². The third-order valence-electron chi connectivity index (χ3n) is 3.71. The number of nitro groups is 1. The second kappa shape index (κ2) is 9.18. The van der Waals surface area contributed by atoms with Crippen LogP contribution in [-0.4, -0.2) is 28.7 Å². The van der Waals surface area contributed by atoms with Gasteiger partial charge in [-0.05, 0) is 44.5 Å². The molecule has 0 heterocycles. The van der Waals surface area contributed by atoms with Crippen molar-refractivity contribution in [3.8, 4) is 0 Å². The number of rotatable bonds is 7. The fourth-order valence-electron chi connectivity index (χ4n) is 2.19. The molecule has 1 N–H and O–H groups in total. The largest absolute Gasteiger partial charge is 0.452 e. The molecule has 0 saturated heterocycles. The number of thioether (sulfide) groups is 1. The number of carbonyl (C=O) groups excluding carboxylic acids is 2. The molecule has 8 heteroatoms. The van der Waals surface area contributed by atoms with Gasteiger partial charge in [0.2, 0.25) is 0 Å². The number of nitrogens with zero attached hydrogens (tertiary/aromatic N) is 1. The molecule has 0 saturated carbocycles. The molecule has 7 nitrogen and oxygen atoms in total. The van der Waals surface area contributed by atoms with Crippen LogP contribution in [-0.2, 0) is 14.3 Å². The predicted octanol–water partition coefficient (Wildman–Crippen LogP) is 3.87. The topological polar surface area (TPSA) is 98.5 Å². The van der Waals surface area contributed by atoms with E-state index in [1.165, 1.54) is 43.0 Å². The molecule has 0 aliphatic rings. The van der Waals surface area contributed by atoms with Gasteiger partial charge >= 0.3 is 5.97 Å². The van der Waals surface area contributed by atoms with Crippen LogP contribution in [0.25, 0.3) is 0 Å². The molecule has 0 aliphatic carbocycles. The number of non-ortho nitro benzene ring substituents is 1. The highest BCUT2D eigenvalue weighted by molar-refractivity contribution is 8.00. The number of aryl methyl sites for hydroxylation is 2. The Bertz CT molecular complexity index is 852. The Morgan fingerprint density at radius 1 is 1.19 bits per heavy atom. The minimum atomic E-state index is -0.980. The van der Waals surface area contributed by atoms with Gasteiger partial charge < -0.3 is 10.1 Å². The Kier molecular flexibility index (Phi) is 6.95. The lowest BCUT2D eigenvalue weighted by Crippen LogP contribution is -2.30. The second-order valence-corrected chi connectivity index (χ2v) is 7.00. The van der Waals surface area contributed by atoms with E-state index < -0.39 is 22.9 Å². The highest BCUT2D eigenvalue weighted by Gasteiger charge is 2.18. The van der Waals surface area contributed by atoms with Gasteiger partial charge in [-0.3, -0.25) is 19.7 Å². The molecule has 1 atom stereocenters. The van der Waals surface area contributed by atoms with Gasteiger partial charge in [-0.2, -0.15) is 0 Å². The molecule has 27 heavy (non-hydrogen) atoms. The molecule has 2 rings (SSSR count). The molecule has 142 valence electrons. The normalized spacial score (nSPS) is 11.5. The van der Waals surface area contributed by atoms with Crippen molar-refractivity contribution in [3.05, 3.63) is 63.7 Å². The van der Waals surface area contributed by atoms with E-state index in [-0.39, 0.29) is 11.4 Å². The van der Waals surface area contributed by atoms with Crippen LogP contribution in [0, 0.1) is 24.0 Å². The number of nitrogens with one attached hydrogen (secondary N) is 1. The summed E-state index contributed by atoms with van der Waals surface area (Å²) < 4.78 is 5.16. The van der Waals surface area contributed by atoms with Crippen molar-refractivity contribution in [2.24, 2.45) is 0 Å². The molecule has 2 aromatic rings. The van der Waals surface area contributed by atoms with Crippen LogP contribution >= 0.6 is 11.8 Å². The van der Waals surface area contributed by atoms with Crippen LogP contribution < -0.4 is 5.32 Å². The number of carbonyl (C=O) groups is 2. The Hall–Kier alpha value is -2.87. The van der Waals surface area contributed by atoms with Gasteiger partial charge in [-0.15, -0.1) is 11.8 Å². The quantitative estimate of drug-likeness (QED) is 0.335. The van der Waals surface area contributed by atoms with Crippen molar-refractivity contribution in [3.63, 3.8) is 0 Å². The molecule has 0 radical (unpaired) electrons. The number of anilines is 1. The fraction of sp³-hybridized carbons (Fsp3) is 0.263. The van der Waals surface area contributed by atoms with Gasteiger partial charge in [0.15, 0.2) is 6.10 Å². The number of amides is 1. The lowest BCUT2D eigenvalue weighted by atomic mass is 10.2. The smallest absolute Gasteiger partial charge is 0.317 e. The average Bonchev–Trinajstić information content (AvgIpc) is 2.62. The molecule has 1 unspecified atom stereocenters. The number of ether oxygens (including phenoxy) is 1. The summed E-state index contributed by atoms with van der Waals surface area (Å²) in [5.74, 6) is -0.902. The van der Waals surface area contributed by atoms with Gasteiger partial charge in [0.1, 0.15) is 0 Å². The van der Waals surface area contributed by atoms with E-state index >= 15 is 0 Å². The van der Waals surface area contributed by atoms with E-state index in [9.17, 15) is 19.7 Å². The maximum atomic E-state index is 12.1. The summed E-state index contributed by atoms with van der Waals surface area (Å²) in [5.41, 5.74) is 2.49. The highest BCUT2D eigenvalue weighted by Crippen LogP contribution is 2.23. The van der Waals surface area contributed by atoms with Crippen molar-refractivity contribution >= 4 is 35.0 Å². The van der Waals surface area contributed by atoms with Gasteiger partial charge in [0, 0.05) is 22.7 Å². The summed E-state index contributed by atoms with van der Waals surface area (Å²) in [5, 5.41) is 13.2. The Balaban J connectivity index is 1.85. The van der Waals surface area contributed by atoms with Crippen molar-refractivity contribution in [2.45, 2.75) is 31.8 Å². The molecule has 0 aromatic heterocycles. The summed E-state index contributed by atoms with van der Waals surface area (Å²) >= 11 is 1.36. The van der Waals surface area contributed by atoms with Gasteiger partial charge in [0.05, 0.1) is 10.7 Å². The first kappa shape index (κ1) is 20.4. The lowest BCUT2D eigenvalue weighted by molar-refractivity contribution is -0.384. The van der Waals surface area contributed by atoms with E-state index in [2.05, 4.69) is 5.32 Å². The van der Waals surface area contributed by atoms with Crippen molar-refractivity contribution in [1.29, 1.82) is 0 Å².